The van der Waals surface area contributed by atoms with Crippen LogP contribution in [0.5, 0.6) is 0 Å². The molecule has 0 aliphatic rings. The standard InChI is InChI=1S/C12H13ClN4/c1-9-3-5-10(6-4-9)8-17(2)11-7-14-16-12(13)15-11/h3-7H,8H2,1-2H3. The van der Waals surface area contributed by atoms with Crippen molar-refractivity contribution in [3.8, 4) is 0 Å². The van der Waals surface area contributed by atoms with Crippen molar-refractivity contribution in [1.82, 2.24) is 15.2 Å². The molecule has 1 heterocycles. The van der Waals surface area contributed by atoms with Crippen LogP contribution in [0.3, 0.4) is 0 Å². The fourth-order valence-corrected chi connectivity index (χ4v) is 1.64. The number of nitrogens with zero attached hydrogens (tertiary/aromatic N) is 4. The van der Waals surface area contributed by atoms with E-state index in [1.807, 2.05) is 11.9 Å². The highest BCUT2D eigenvalue weighted by Gasteiger charge is 2.05. The summed E-state index contributed by atoms with van der Waals surface area (Å²) in [5, 5.41) is 7.56. The fraction of sp³-hybridized carbons (Fsp3) is 0.250. The first-order valence-electron chi connectivity index (χ1n) is 5.27. The summed E-state index contributed by atoms with van der Waals surface area (Å²) in [6, 6.07) is 8.38. The zero-order valence-electron chi connectivity index (χ0n) is 9.76. The minimum absolute atomic E-state index is 0.165. The van der Waals surface area contributed by atoms with Gasteiger partial charge in [-0.05, 0) is 24.1 Å². The second kappa shape index (κ2) is 5.10. The molecule has 1 aromatic heterocycles. The summed E-state index contributed by atoms with van der Waals surface area (Å²) >= 11 is 5.70. The molecule has 0 amide bonds. The van der Waals surface area contributed by atoms with E-state index >= 15 is 0 Å². The molecule has 0 radical (unpaired) electrons. The van der Waals surface area contributed by atoms with Crippen molar-refractivity contribution in [2.24, 2.45) is 0 Å². The average Bonchev–Trinajstić information content (AvgIpc) is 2.32. The molecule has 88 valence electrons. The van der Waals surface area contributed by atoms with E-state index in [1.165, 1.54) is 11.1 Å². The molecule has 0 saturated carbocycles. The molecule has 0 atom stereocenters. The molecular formula is C12H13ClN4. The molecular weight excluding hydrogens is 236 g/mol. The smallest absolute Gasteiger partial charge is 0.244 e. The number of aryl methyl sites for hydroxylation is 1. The Morgan fingerprint density at radius 3 is 2.59 bits per heavy atom. The van der Waals surface area contributed by atoms with Crippen LogP contribution in [0.15, 0.2) is 30.5 Å². The Hall–Kier alpha value is -1.68. The van der Waals surface area contributed by atoms with Crippen LogP contribution in [-0.2, 0) is 6.54 Å². The van der Waals surface area contributed by atoms with Crippen molar-refractivity contribution in [1.29, 1.82) is 0 Å². The van der Waals surface area contributed by atoms with Crippen LogP contribution < -0.4 is 4.90 Å². The van der Waals surface area contributed by atoms with Gasteiger partial charge in [-0.15, -0.1) is 5.10 Å². The lowest BCUT2D eigenvalue weighted by Crippen LogP contribution is -2.18. The molecule has 0 aliphatic carbocycles. The number of rotatable bonds is 3. The molecule has 4 nitrogen and oxygen atoms in total. The predicted molar refractivity (Wildman–Crippen MR) is 68.1 cm³/mol. The fourth-order valence-electron chi connectivity index (χ4n) is 1.51. The van der Waals surface area contributed by atoms with Crippen LogP contribution in [0.1, 0.15) is 11.1 Å². The van der Waals surface area contributed by atoms with Gasteiger partial charge in [-0.2, -0.15) is 10.1 Å². The second-order valence-corrected chi connectivity index (χ2v) is 4.26. The highest BCUT2D eigenvalue weighted by Crippen LogP contribution is 2.13. The molecule has 0 unspecified atom stereocenters. The van der Waals surface area contributed by atoms with E-state index in [4.69, 9.17) is 11.6 Å². The lowest BCUT2D eigenvalue weighted by atomic mass is 10.1. The van der Waals surface area contributed by atoms with Crippen molar-refractivity contribution in [2.45, 2.75) is 13.5 Å². The molecule has 5 heteroatoms. The van der Waals surface area contributed by atoms with Crippen molar-refractivity contribution in [3.05, 3.63) is 46.9 Å². The third kappa shape index (κ3) is 3.14. The molecule has 0 saturated heterocycles. The third-order valence-corrected chi connectivity index (χ3v) is 2.61. The summed E-state index contributed by atoms with van der Waals surface area (Å²) in [4.78, 5) is 6.08. The van der Waals surface area contributed by atoms with Gasteiger partial charge in [-0.25, -0.2) is 0 Å². The van der Waals surface area contributed by atoms with Crippen LogP contribution in [-0.4, -0.2) is 22.2 Å². The van der Waals surface area contributed by atoms with E-state index < -0.39 is 0 Å². The lowest BCUT2D eigenvalue weighted by Gasteiger charge is -2.17. The van der Waals surface area contributed by atoms with Gasteiger partial charge in [0.2, 0.25) is 5.28 Å². The Labute approximate surface area is 105 Å². The minimum Gasteiger partial charge on any atom is -0.354 e. The maximum atomic E-state index is 5.70. The first kappa shape index (κ1) is 11.8. The molecule has 0 aliphatic heterocycles. The molecule has 1 aromatic carbocycles. The third-order valence-electron chi connectivity index (χ3n) is 2.45. The summed E-state index contributed by atoms with van der Waals surface area (Å²) in [6.07, 6.45) is 1.60. The zero-order valence-corrected chi connectivity index (χ0v) is 10.5. The summed E-state index contributed by atoms with van der Waals surface area (Å²) < 4.78 is 0. The second-order valence-electron chi connectivity index (χ2n) is 3.93. The zero-order chi connectivity index (χ0) is 12.3. The Morgan fingerprint density at radius 1 is 1.24 bits per heavy atom. The Balaban J connectivity index is 2.11. The van der Waals surface area contributed by atoms with E-state index in [2.05, 4.69) is 46.4 Å². The van der Waals surface area contributed by atoms with Crippen molar-refractivity contribution >= 4 is 17.4 Å². The molecule has 0 fully saturated rings. The number of aromatic nitrogens is 3. The van der Waals surface area contributed by atoms with Crippen LogP contribution >= 0.6 is 11.6 Å². The van der Waals surface area contributed by atoms with Crippen molar-refractivity contribution < 1.29 is 0 Å². The van der Waals surface area contributed by atoms with Crippen molar-refractivity contribution in [3.63, 3.8) is 0 Å². The Bertz CT molecular complexity index is 498. The van der Waals surface area contributed by atoms with E-state index in [0.29, 0.717) is 5.82 Å². The van der Waals surface area contributed by atoms with Crippen LogP contribution in [0.25, 0.3) is 0 Å². The maximum absolute atomic E-state index is 5.70. The largest absolute Gasteiger partial charge is 0.354 e. The van der Waals surface area contributed by atoms with Gasteiger partial charge < -0.3 is 4.90 Å². The van der Waals surface area contributed by atoms with E-state index in [-0.39, 0.29) is 5.28 Å². The quantitative estimate of drug-likeness (QED) is 0.837. The molecule has 0 N–H and O–H groups in total. The van der Waals surface area contributed by atoms with Gasteiger partial charge in [0.1, 0.15) is 0 Å². The number of hydrogen-bond donors (Lipinski definition) is 0. The number of halogens is 1. The van der Waals surface area contributed by atoms with E-state index in [0.717, 1.165) is 6.54 Å². The highest BCUT2D eigenvalue weighted by molar-refractivity contribution is 6.28. The van der Waals surface area contributed by atoms with Gasteiger partial charge in [0.15, 0.2) is 5.82 Å². The van der Waals surface area contributed by atoms with Gasteiger partial charge in [0, 0.05) is 13.6 Å². The molecule has 2 rings (SSSR count). The molecule has 0 spiro atoms. The summed E-state index contributed by atoms with van der Waals surface area (Å²) in [5.41, 5.74) is 2.47. The van der Waals surface area contributed by atoms with Crippen LogP contribution in [0, 0.1) is 6.92 Å². The maximum Gasteiger partial charge on any atom is 0.244 e. The topological polar surface area (TPSA) is 41.9 Å². The summed E-state index contributed by atoms with van der Waals surface area (Å²) in [7, 11) is 1.94. The SMILES string of the molecule is Cc1ccc(CN(C)c2cnnc(Cl)n2)cc1. The van der Waals surface area contributed by atoms with E-state index in [9.17, 15) is 0 Å². The first-order valence-corrected chi connectivity index (χ1v) is 5.65. The molecule has 17 heavy (non-hydrogen) atoms. The molecule has 2 aromatic rings. The van der Waals surface area contributed by atoms with Crippen LogP contribution in [0.4, 0.5) is 5.82 Å². The first-order chi connectivity index (χ1) is 8.15. The monoisotopic (exact) mass is 248 g/mol. The minimum atomic E-state index is 0.165. The number of hydrogen-bond acceptors (Lipinski definition) is 4. The Morgan fingerprint density at radius 2 is 1.94 bits per heavy atom. The van der Waals surface area contributed by atoms with Crippen molar-refractivity contribution in [2.75, 3.05) is 11.9 Å². The summed E-state index contributed by atoms with van der Waals surface area (Å²) in [6.45, 7) is 2.83. The lowest BCUT2D eigenvalue weighted by molar-refractivity contribution is 0.862. The van der Waals surface area contributed by atoms with E-state index in [1.54, 1.807) is 6.20 Å². The Kier molecular flexibility index (Phi) is 3.54. The van der Waals surface area contributed by atoms with Gasteiger partial charge in [-0.3, -0.25) is 0 Å². The predicted octanol–water partition coefficient (Wildman–Crippen LogP) is 2.47. The average molecular weight is 249 g/mol. The number of benzene rings is 1. The summed E-state index contributed by atoms with van der Waals surface area (Å²) in [5.74, 6) is 0.713. The van der Waals surface area contributed by atoms with Gasteiger partial charge in [0.25, 0.3) is 0 Å². The highest BCUT2D eigenvalue weighted by atomic mass is 35.5. The van der Waals surface area contributed by atoms with Gasteiger partial charge >= 0.3 is 0 Å². The normalized spacial score (nSPS) is 10.3. The van der Waals surface area contributed by atoms with Gasteiger partial charge in [0.05, 0.1) is 6.20 Å². The molecule has 0 bridgehead atoms. The van der Waals surface area contributed by atoms with Gasteiger partial charge in [-0.1, -0.05) is 29.8 Å². The van der Waals surface area contributed by atoms with Crippen LogP contribution in [0.2, 0.25) is 5.28 Å². The number of anilines is 1.